The predicted octanol–water partition coefficient (Wildman–Crippen LogP) is 0.912. The molecule has 172 valence electrons. The maximum absolute atomic E-state index is 12.7. The largest absolute Gasteiger partial charge is 0.459 e. The summed E-state index contributed by atoms with van der Waals surface area (Å²) in [6, 6.07) is 1.72. The molecule has 1 unspecified atom stereocenters. The zero-order valence-corrected chi connectivity index (χ0v) is 19.0. The minimum atomic E-state index is -0.180. The first kappa shape index (κ1) is 23.1. The Bertz CT molecular complexity index is 763. The van der Waals surface area contributed by atoms with Crippen molar-refractivity contribution in [1.82, 2.24) is 25.3 Å². The van der Waals surface area contributed by atoms with E-state index < -0.39 is 0 Å². The number of aliphatic imine (C=N–C) groups is 1. The maximum Gasteiger partial charge on any atom is 0.287 e. The minimum Gasteiger partial charge on any atom is -0.459 e. The fourth-order valence-corrected chi connectivity index (χ4v) is 4.19. The zero-order chi connectivity index (χ0) is 22.2. The summed E-state index contributed by atoms with van der Waals surface area (Å²) in [5.74, 6) is 1.33. The van der Waals surface area contributed by atoms with Crippen molar-refractivity contribution in [2.24, 2.45) is 4.99 Å². The van der Waals surface area contributed by atoms with E-state index >= 15 is 0 Å². The third kappa shape index (κ3) is 6.00. The highest BCUT2D eigenvalue weighted by atomic mass is 16.3. The average molecular weight is 433 g/mol. The quantitative estimate of drug-likeness (QED) is 0.378. The molecule has 2 aliphatic rings. The summed E-state index contributed by atoms with van der Waals surface area (Å²) in [7, 11) is 1.79. The number of likely N-dealkylation sites (tertiary alicyclic amines) is 1. The lowest BCUT2D eigenvalue weighted by Crippen LogP contribution is -2.57. The lowest BCUT2D eigenvalue weighted by molar-refractivity contribution is -0.135. The van der Waals surface area contributed by atoms with Crippen LogP contribution in [0.4, 0.5) is 0 Å². The van der Waals surface area contributed by atoms with Crippen molar-refractivity contribution in [2.45, 2.75) is 39.2 Å². The van der Waals surface area contributed by atoms with E-state index in [2.05, 4.69) is 25.4 Å². The summed E-state index contributed by atoms with van der Waals surface area (Å²) >= 11 is 0. The van der Waals surface area contributed by atoms with Crippen molar-refractivity contribution < 1.29 is 14.0 Å². The van der Waals surface area contributed by atoms with Crippen LogP contribution in [0.1, 0.15) is 42.3 Å². The molecule has 0 radical (unpaired) electrons. The van der Waals surface area contributed by atoms with Gasteiger partial charge in [-0.05, 0) is 39.2 Å². The molecule has 2 amide bonds. The van der Waals surface area contributed by atoms with Gasteiger partial charge in [0.1, 0.15) is 0 Å². The van der Waals surface area contributed by atoms with E-state index in [0.29, 0.717) is 18.8 Å². The van der Waals surface area contributed by atoms with Gasteiger partial charge in [0, 0.05) is 65.0 Å². The van der Waals surface area contributed by atoms with Crippen LogP contribution in [0, 0.1) is 6.92 Å². The van der Waals surface area contributed by atoms with Gasteiger partial charge in [-0.15, -0.1) is 0 Å². The molecule has 1 atom stereocenters. The van der Waals surface area contributed by atoms with Crippen molar-refractivity contribution in [2.75, 3.05) is 59.4 Å². The number of nitrogens with zero attached hydrogens (tertiary/aromatic N) is 4. The molecule has 2 N–H and O–H groups in total. The highest BCUT2D eigenvalue weighted by Crippen LogP contribution is 2.14. The van der Waals surface area contributed by atoms with Crippen molar-refractivity contribution in [3.8, 4) is 0 Å². The number of rotatable bonds is 7. The molecule has 9 nitrogen and oxygen atoms in total. The Hall–Kier alpha value is -2.55. The fourth-order valence-electron chi connectivity index (χ4n) is 4.19. The number of hydrogen-bond acceptors (Lipinski definition) is 5. The molecule has 3 heterocycles. The van der Waals surface area contributed by atoms with Gasteiger partial charge < -0.3 is 24.9 Å². The molecule has 0 saturated carbocycles. The van der Waals surface area contributed by atoms with Gasteiger partial charge in [-0.3, -0.25) is 19.5 Å². The Kier molecular flexibility index (Phi) is 8.34. The summed E-state index contributed by atoms with van der Waals surface area (Å²) < 4.78 is 5.21. The van der Waals surface area contributed by atoms with Gasteiger partial charge in [0.25, 0.3) is 5.91 Å². The molecule has 0 bridgehead atoms. The number of nitrogens with one attached hydrogen (secondary N) is 2. The first-order valence-electron chi connectivity index (χ1n) is 11.3. The van der Waals surface area contributed by atoms with E-state index in [9.17, 15) is 9.59 Å². The van der Waals surface area contributed by atoms with E-state index in [1.807, 2.05) is 18.7 Å². The monoisotopic (exact) mass is 432 g/mol. The standard InChI is InChI=1S/C22H36N6O3/c1-17-7-16-31-19(17)20(29)24-8-6-9-25-22(23-3)28-14-12-26(13-15-28)18(2)21(30)27-10-4-5-11-27/h7,16,18H,4-6,8-15H2,1-3H3,(H,23,25)(H,24,29). The van der Waals surface area contributed by atoms with Gasteiger partial charge in [0.05, 0.1) is 12.3 Å². The van der Waals surface area contributed by atoms with Crippen LogP contribution in [0.25, 0.3) is 0 Å². The number of carbonyl (C=O) groups is 2. The molecule has 2 fully saturated rings. The van der Waals surface area contributed by atoms with Crippen molar-refractivity contribution in [3.63, 3.8) is 0 Å². The lowest BCUT2D eigenvalue weighted by Gasteiger charge is -2.39. The maximum atomic E-state index is 12.7. The molecule has 31 heavy (non-hydrogen) atoms. The van der Waals surface area contributed by atoms with Crippen LogP contribution >= 0.6 is 0 Å². The summed E-state index contributed by atoms with van der Waals surface area (Å²) in [6.45, 7) is 10.3. The van der Waals surface area contributed by atoms with Crippen molar-refractivity contribution in [3.05, 3.63) is 23.7 Å². The Labute approximate surface area is 184 Å². The Morgan fingerprint density at radius 2 is 1.74 bits per heavy atom. The Morgan fingerprint density at radius 1 is 1.06 bits per heavy atom. The van der Waals surface area contributed by atoms with Gasteiger partial charge in [-0.25, -0.2) is 0 Å². The van der Waals surface area contributed by atoms with Crippen LogP contribution in [-0.4, -0.2) is 97.9 Å². The number of piperazine rings is 1. The highest BCUT2D eigenvalue weighted by Gasteiger charge is 2.30. The number of furan rings is 1. The molecule has 0 aromatic carbocycles. The molecular formula is C22H36N6O3. The van der Waals surface area contributed by atoms with Crippen LogP contribution in [-0.2, 0) is 4.79 Å². The Morgan fingerprint density at radius 3 is 2.35 bits per heavy atom. The number of carbonyl (C=O) groups excluding carboxylic acids is 2. The van der Waals surface area contributed by atoms with E-state index in [0.717, 1.165) is 70.1 Å². The SMILES string of the molecule is CN=C(NCCCNC(=O)c1occc1C)N1CCN(C(C)C(=O)N2CCCC2)CC1. The van der Waals surface area contributed by atoms with Crippen LogP contribution in [0.15, 0.2) is 21.7 Å². The second kappa shape index (κ2) is 11.2. The second-order valence-electron chi connectivity index (χ2n) is 8.25. The molecular weight excluding hydrogens is 396 g/mol. The molecule has 1 aromatic rings. The summed E-state index contributed by atoms with van der Waals surface area (Å²) in [5.41, 5.74) is 0.839. The predicted molar refractivity (Wildman–Crippen MR) is 120 cm³/mol. The Balaban J connectivity index is 1.35. The third-order valence-corrected chi connectivity index (χ3v) is 6.14. The lowest BCUT2D eigenvalue weighted by atomic mass is 10.2. The smallest absolute Gasteiger partial charge is 0.287 e. The molecule has 2 aliphatic heterocycles. The van der Waals surface area contributed by atoms with Gasteiger partial charge in [-0.1, -0.05) is 0 Å². The zero-order valence-electron chi connectivity index (χ0n) is 19.0. The van der Waals surface area contributed by atoms with Crippen LogP contribution in [0.3, 0.4) is 0 Å². The van der Waals surface area contributed by atoms with E-state index in [4.69, 9.17) is 4.42 Å². The highest BCUT2D eigenvalue weighted by molar-refractivity contribution is 5.92. The molecule has 1 aromatic heterocycles. The van der Waals surface area contributed by atoms with Crippen LogP contribution < -0.4 is 10.6 Å². The normalized spacial score (nSPS) is 18.9. The van der Waals surface area contributed by atoms with Gasteiger partial charge >= 0.3 is 0 Å². The van der Waals surface area contributed by atoms with Crippen molar-refractivity contribution in [1.29, 1.82) is 0 Å². The number of aryl methyl sites for hydroxylation is 1. The van der Waals surface area contributed by atoms with Gasteiger partial charge in [-0.2, -0.15) is 0 Å². The number of guanidine groups is 1. The first-order valence-corrected chi connectivity index (χ1v) is 11.3. The molecule has 0 spiro atoms. The molecule has 2 saturated heterocycles. The summed E-state index contributed by atoms with van der Waals surface area (Å²) in [4.78, 5) is 35.6. The minimum absolute atomic E-state index is 0.0587. The summed E-state index contributed by atoms with van der Waals surface area (Å²) in [5, 5.41) is 6.26. The molecule has 9 heteroatoms. The van der Waals surface area contributed by atoms with Crippen LogP contribution in [0.5, 0.6) is 0 Å². The molecule has 3 rings (SSSR count). The molecule has 0 aliphatic carbocycles. The van der Waals surface area contributed by atoms with E-state index in [1.54, 1.807) is 13.1 Å². The first-order chi connectivity index (χ1) is 15.0. The second-order valence-corrected chi connectivity index (χ2v) is 8.25. The van der Waals surface area contributed by atoms with E-state index in [-0.39, 0.29) is 17.9 Å². The third-order valence-electron chi connectivity index (χ3n) is 6.14. The summed E-state index contributed by atoms with van der Waals surface area (Å²) in [6.07, 6.45) is 4.56. The van der Waals surface area contributed by atoms with Gasteiger partial charge in [0.2, 0.25) is 5.91 Å². The van der Waals surface area contributed by atoms with Crippen LogP contribution in [0.2, 0.25) is 0 Å². The average Bonchev–Trinajstić information content (AvgIpc) is 3.47. The van der Waals surface area contributed by atoms with Crippen molar-refractivity contribution >= 4 is 17.8 Å². The van der Waals surface area contributed by atoms with Gasteiger partial charge in [0.15, 0.2) is 11.7 Å². The topological polar surface area (TPSA) is 93.4 Å². The number of hydrogen-bond donors (Lipinski definition) is 2. The number of amides is 2. The fraction of sp³-hybridized carbons (Fsp3) is 0.682. The van der Waals surface area contributed by atoms with E-state index in [1.165, 1.54) is 6.26 Å².